The summed E-state index contributed by atoms with van der Waals surface area (Å²) in [5.74, 6) is -0.612. The molecule has 0 aliphatic rings. The van der Waals surface area contributed by atoms with E-state index in [4.69, 9.17) is 9.47 Å². The fourth-order valence-corrected chi connectivity index (χ4v) is 5.05. The smallest absolute Gasteiger partial charge is 0.306 e. The van der Waals surface area contributed by atoms with Crippen LogP contribution in [0.15, 0.2) is 36.5 Å². The number of carbonyl (C=O) groups is 2. The molecular formula is C39H70O5. The van der Waals surface area contributed by atoms with Gasteiger partial charge in [0.25, 0.3) is 0 Å². The van der Waals surface area contributed by atoms with Crippen LogP contribution in [0.1, 0.15) is 181 Å². The molecule has 0 aromatic carbocycles. The van der Waals surface area contributed by atoms with Crippen molar-refractivity contribution in [3.8, 4) is 0 Å². The molecule has 5 heteroatoms. The van der Waals surface area contributed by atoms with Gasteiger partial charge in [0.1, 0.15) is 6.61 Å². The lowest BCUT2D eigenvalue weighted by Gasteiger charge is -2.15. The van der Waals surface area contributed by atoms with E-state index in [1.54, 1.807) is 0 Å². The maximum Gasteiger partial charge on any atom is 0.306 e. The minimum atomic E-state index is -0.777. The van der Waals surface area contributed by atoms with E-state index in [1.165, 1.54) is 103 Å². The number of rotatable bonds is 33. The topological polar surface area (TPSA) is 72.8 Å². The predicted molar refractivity (Wildman–Crippen MR) is 187 cm³/mol. The third-order valence-electron chi connectivity index (χ3n) is 7.91. The lowest BCUT2D eigenvalue weighted by atomic mass is 10.1. The second kappa shape index (κ2) is 35.6. The first-order chi connectivity index (χ1) is 21.6. The molecule has 0 amide bonds. The molecule has 1 N–H and O–H groups in total. The minimum Gasteiger partial charge on any atom is -0.462 e. The van der Waals surface area contributed by atoms with E-state index in [1.807, 2.05) is 0 Å². The SMILES string of the molecule is CCCCCC=CCC=CCCCCCCCC(=O)O[C@@H](CO)COC(=O)CCCCCCCCCC=CCCCCCC. The number of unbranched alkanes of at least 4 members (excludes halogenated alkanes) is 19. The van der Waals surface area contributed by atoms with Crippen molar-refractivity contribution in [3.05, 3.63) is 36.5 Å². The van der Waals surface area contributed by atoms with E-state index in [0.29, 0.717) is 12.8 Å². The van der Waals surface area contributed by atoms with Crippen molar-refractivity contribution in [1.29, 1.82) is 0 Å². The molecule has 0 aliphatic carbocycles. The number of aliphatic hydroxyl groups excluding tert-OH is 1. The molecule has 0 fully saturated rings. The molecule has 0 saturated carbocycles. The highest BCUT2D eigenvalue weighted by molar-refractivity contribution is 5.70. The lowest BCUT2D eigenvalue weighted by molar-refractivity contribution is -0.161. The Hall–Kier alpha value is -1.88. The first kappa shape index (κ1) is 42.1. The fraction of sp³-hybridized carbons (Fsp3) is 0.795. The molecule has 0 radical (unpaired) electrons. The number of carbonyl (C=O) groups excluding carboxylic acids is 2. The first-order valence-corrected chi connectivity index (χ1v) is 18.5. The summed E-state index contributed by atoms with van der Waals surface area (Å²) >= 11 is 0. The Balaban J connectivity index is 3.60. The third kappa shape index (κ3) is 33.0. The molecule has 5 nitrogen and oxygen atoms in total. The van der Waals surface area contributed by atoms with Crippen LogP contribution in [0.4, 0.5) is 0 Å². The number of hydrogen-bond acceptors (Lipinski definition) is 5. The van der Waals surface area contributed by atoms with Gasteiger partial charge in [-0.15, -0.1) is 0 Å². The van der Waals surface area contributed by atoms with Gasteiger partial charge in [0, 0.05) is 12.8 Å². The molecule has 0 unspecified atom stereocenters. The minimum absolute atomic E-state index is 0.0730. The summed E-state index contributed by atoms with van der Waals surface area (Å²) in [6.07, 6.45) is 41.9. The normalized spacial score (nSPS) is 12.5. The van der Waals surface area contributed by atoms with Crippen LogP contribution in [0.5, 0.6) is 0 Å². The van der Waals surface area contributed by atoms with Crippen LogP contribution in [-0.4, -0.2) is 36.4 Å². The van der Waals surface area contributed by atoms with Crippen molar-refractivity contribution in [2.45, 2.75) is 187 Å². The maximum absolute atomic E-state index is 12.1. The van der Waals surface area contributed by atoms with Gasteiger partial charge in [0.2, 0.25) is 0 Å². The van der Waals surface area contributed by atoms with E-state index < -0.39 is 6.10 Å². The van der Waals surface area contributed by atoms with Crippen molar-refractivity contribution in [2.75, 3.05) is 13.2 Å². The highest BCUT2D eigenvalue weighted by Gasteiger charge is 2.16. The van der Waals surface area contributed by atoms with Gasteiger partial charge in [0.15, 0.2) is 6.10 Å². The number of allylic oxidation sites excluding steroid dienone is 6. The van der Waals surface area contributed by atoms with Gasteiger partial charge in [-0.3, -0.25) is 9.59 Å². The molecule has 0 saturated heterocycles. The quantitative estimate of drug-likeness (QED) is 0.0450. The monoisotopic (exact) mass is 619 g/mol. The number of aliphatic hydroxyl groups is 1. The van der Waals surface area contributed by atoms with Gasteiger partial charge >= 0.3 is 11.9 Å². The lowest BCUT2D eigenvalue weighted by Crippen LogP contribution is -2.28. The van der Waals surface area contributed by atoms with E-state index in [9.17, 15) is 14.7 Å². The Morgan fingerprint density at radius 1 is 0.523 bits per heavy atom. The summed E-state index contributed by atoms with van der Waals surface area (Å²) in [5, 5.41) is 9.53. The van der Waals surface area contributed by atoms with Crippen LogP contribution in [0.2, 0.25) is 0 Å². The maximum atomic E-state index is 12.1. The van der Waals surface area contributed by atoms with E-state index in [-0.39, 0.29) is 25.2 Å². The van der Waals surface area contributed by atoms with Gasteiger partial charge < -0.3 is 14.6 Å². The van der Waals surface area contributed by atoms with Crippen molar-refractivity contribution in [1.82, 2.24) is 0 Å². The molecule has 256 valence electrons. The van der Waals surface area contributed by atoms with Crippen LogP contribution in [-0.2, 0) is 19.1 Å². The van der Waals surface area contributed by atoms with Crippen LogP contribution >= 0.6 is 0 Å². The zero-order valence-corrected chi connectivity index (χ0v) is 28.9. The van der Waals surface area contributed by atoms with Crippen LogP contribution in [0, 0.1) is 0 Å². The van der Waals surface area contributed by atoms with Crippen LogP contribution in [0.25, 0.3) is 0 Å². The van der Waals surface area contributed by atoms with Crippen molar-refractivity contribution in [3.63, 3.8) is 0 Å². The van der Waals surface area contributed by atoms with Gasteiger partial charge in [-0.2, -0.15) is 0 Å². The predicted octanol–water partition coefficient (Wildman–Crippen LogP) is 11.3. The van der Waals surface area contributed by atoms with Gasteiger partial charge in [-0.25, -0.2) is 0 Å². The third-order valence-corrected chi connectivity index (χ3v) is 7.91. The average molecular weight is 619 g/mol. The Morgan fingerprint density at radius 2 is 0.909 bits per heavy atom. The molecule has 0 aromatic heterocycles. The second-order valence-corrected chi connectivity index (χ2v) is 12.3. The molecule has 0 heterocycles. The molecule has 0 rings (SSSR count). The van der Waals surface area contributed by atoms with Gasteiger partial charge in [-0.05, 0) is 70.6 Å². The summed E-state index contributed by atoms with van der Waals surface area (Å²) in [6.45, 7) is 4.07. The highest BCUT2D eigenvalue weighted by Crippen LogP contribution is 2.12. The second-order valence-electron chi connectivity index (χ2n) is 12.3. The molecule has 0 aliphatic heterocycles. The Kier molecular flexibility index (Phi) is 34.1. The standard InChI is InChI=1S/C39H70O5/c1-3-5-7-9-11-13-15-17-19-21-23-25-27-29-31-33-38(41)43-36-37(35-40)44-39(42)34-32-30-28-26-24-22-20-18-16-14-12-10-8-6-4-2/h12-15,18,20,37,40H,3-11,16-17,19,21-36H2,1-2H3/t37-/m0/s1. The van der Waals surface area contributed by atoms with E-state index in [0.717, 1.165) is 51.4 Å². The van der Waals surface area contributed by atoms with Crippen LogP contribution in [0.3, 0.4) is 0 Å². The van der Waals surface area contributed by atoms with Crippen molar-refractivity contribution in [2.24, 2.45) is 0 Å². The van der Waals surface area contributed by atoms with Gasteiger partial charge in [0.05, 0.1) is 6.61 Å². The summed E-state index contributed by atoms with van der Waals surface area (Å²) in [6, 6.07) is 0. The number of hydrogen-bond donors (Lipinski definition) is 1. The zero-order chi connectivity index (χ0) is 32.2. The van der Waals surface area contributed by atoms with Crippen molar-refractivity contribution < 1.29 is 24.2 Å². The summed E-state index contributed by atoms with van der Waals surface area (Å²) in [4.78, 5) is 24.2. The summed E-state index contributed by atoms with van der Waals surface area (Å²) in [7, 11) is 0. The zero-order valence-electron chi connectivity index (χ0n) is 28.9. The highest BCUT2D eigenvalue weighted by atomic mass is 16.6. The molecule has 0 bridgehead atoms. The van der Waals surface area contributed by atoms with Gasteiger partial charge in [-0.1, -0.05) is 134 Å². The first-order valence-electron chi connectivity index (χ1n) is 18.5. The van der Waals surface area contributed by atoms with Crippen molar-refractivity contribution >= 4 is 11.9 Å². The number of ether oxygens (including phenoxy) is 2. The summed E-state index contributed by atoms with van der Waals surface area (Å²) in [5.41, 5.74) is 0. The Morgan fingerprint density at radius 3 is 1.41 bits per heavy atom. The average Bonchev–Trinajstić information content (AvgIpc) is 3.02. The molecular weight excluding hydrogens is 548 g/mol. The Labute approximate surface area is 272 Å². The van der Waals surface area contributed by atoms with Crippen LogP contribution < -0.4 is 0 Å². The van der Waals surface area contributed by atoms with E-state index >= 15 is 0 Å². The molecule has 0 spiro atoms. The van der Waals surface area contributed by atoms with E-state index in [2.05, 4.69) is 50.3 Å². The summed E-state index contributed by atoms with van der Waals surface area (Å²) < 4.78 is 10.6. The number of esters is 2. The fourth-order valence-electron chi connectivity index (χ4n) is 5.05. The largest absolute Gasteiger partial charge is 0.462 e. The molecule has 1 atom stereocenters. The molecule has 0 aromatic rings. The molecule has 44 heavy (non-hydrogen) atoms. The Bertz CT molecular complexity index is 711.